The molecule has 30 heavy (non-hydrogen) atoms. The van der Waals surface area contributed by atoms with E-state index in [1.807, 2.05) is 13.8 Å². The Balaban J connectivity index is 1.44. The second-order valence-corrected chi connectivity index (χ2v) is 10.4. The predicted molar refractivity (Wildman–Crippen MR) is 114 cm³/mol. The first kappa shape index (κ1) is 20.7. The van der Waals surface area contributed by atoms with Crippen LogP contribution in [0.1, 0.15) is 42.0 Å². The van der Waals surface area contributed by atoms with E-state index in [0.29, 0.717) is 23.3 Å². The molecule has 0 radical (unpaired) electrons. The fourth-order valence-corrected chi connectivity index (χ4v) is 4.96. The average Bonchev–Trinajstić information content (AvgIpc) is 3.31. The van der Waals surface area contributed by atoms with Gasteiger partial charge >= 0.3 is 0 Å². The van der Waals surface area contributed by atoms with Crippen LogP contribution in [0.5, 0.6) is 0 Å². The van der Waals surface area contributed by atoms with Gasteiger partial charge in [0.05, 0.1) is 21.5 Å². The number of aromatic nitrogens is 2. The van der Waals surface area contributed by atoms with Crippen LogP contribution in [0.4, 0.5) is 5.69 Å². The average molecular weight is 447 g/mol. The summed E-state index contributed by atoms with van der Waals surface area (Å²) >= 11 is 1.44. The lowest BCUT2D eigenvalue weighted by Gasteiger charge is -2.14. The third-order valence-electron chi connectivity index (χ3n) is 4.82. The Kier molecular flexibility index (Phi) is 5.48. The number of nitrogens with one attached hydrogen (secondary N) is 2. The summed E-state index contributed by atoms with van der Waals surface area (Å²) in [7, 11) is -3.80. The first-order valence-corrected chi connectivity index (χ1v) is 11.9. The molecule has 0 spiro atoms. The number of hydrogen-bond acceptors (Lipinski definition) is 7. The van der Waals surface area contributed by atoms with Crippen LogP contribution in [-0.2, 0) is 14.8 Å². The van der Waals surface area contributed by atoms with Gasteiger partial charge in [0.15, 0.2) is 0 Å². The first-order valence-electron chi connectivity index (χ1n) is 9.57. The summed E-state index contributed by atoms with van der Waals surface area (Å²) in [6, 6.07) is 7.27. The van der Waals surface area contributed by atoms with Crippen molar-refractivity contribution in [2.45, 2.75) is 50.5 Å². The molecule has 0 saturated heterocycles. The molecule has 2 N–H and O–H groups in total. The summed E-state index contributed by atoms with van der Waals surface area (Å²) in [5.41, 5.74) is 1.55. The number of sulfonamides is 1. The van der Waals surface area contributed by atoms with Crippen molar-refractivity contribution in [3.8, 4) is 10.7 Å². The minimum Gasteiger partial charge on any atom is -0.339 e. The van der Waals surface area contributed by atoms with E-state index in [4.69, 9.17) is 4.52 Å². The maximum Gasteiger partial charge on any atom is 0.242 e. The maximum absolute atomic E-state index is 12.6. The Bertz CT molecular complexity index is 1180. The lowest BCUT2D eigenvalue weighted by molar-refractivity contribution is -0.117. The number of nitrogens with zero attached hydrogens (tertiary/aromatic N) is 2. The van der Waals surface area contributed by atoms with Gasteiger partial charge in [0.2, 0.25) is 27.6 Å². The van der Waals surface area contributed by atoms with Gasteiger partial charge in [0, 0.05) is 10.8 Å². The number of rotatable bonds is 7. The molecule has 1 fully saturated rings. The van der Waals surface area contributed by atoms with E-state index in [1.165, 1.54) is 30.4 Å². The second kappa shape index (κ2) is 7.93. The molecule has 1 atom stereocenters. The zero-order chi connectivity index (χ0) is 21.5. The van der Waals surface area contributed by atoms with Gasteiger partial charge in [-0.15, -0.1) is 11.3 Å². The van der Waals surface area contributed by atoms with Crippen LogP contribution in [-0.4, -0.2) is 30.5 Å². The largest absolute Gasteiger partial charge is 0.339 e. The number of benzene rings is 1. The molecule has 1 aliphatic rings. The molecular formula is C20H22N4O4S2. The van der Waals surface area contributed by atoms with Crippen LogP contribution < -0.4 is 10.0 Å². The summed E-state index contributed by atoms with van der Waals surface area (Å²) in [5, 5.41) is 6.81. The van der Waals surface area contributed by atoms with E-state index in [-0.39, 0.29) is 4.90 Å². The minimum atomic E-state index is -3.80. The van der Waals surface area contributed by atoms with Crippen molar-refractivity contribution in [2.24, 2.45) is 0 Å². The van der Waals surface area contributed by atoms with Crippen molar-refractivity contribution in [1.82, 2.24) is 14.9 Å². The Morgan fingerprint density at radius 2 is 1.93 bits per heavy atom. The number of hydrogen-bond donors (Lipinski definition) is 2. The number of aryl methyl sites for hydroxylation is 2. The summed E-state index contributed by atoms with van der Waals surface area (Å²) in [4.78, 5) is 18.8. The molecule has 158 valence electrons. The smallest absolute Gasteiger partial charge is 0.242 e. The Labute approximate surface area is 178 Å². The molecule has 10 heteroatoms. The molecule has 1 aliphatic carbocycles. The molecule has 1 aromatic carbocycles. The molecule has 2 aromatic heterocycles. The van der Waals surface area contributed by atoms with Gasteiger partial charge in [-0.3, -0.25) is 4.79 Å². The highest BCUT2D eigenvalue weighted by atomic mass is 32.2. The van der Waals surface area contributed by atoms with Gasteiger partial charge in [-0.25, -0.2) is 8.42 Å². The highest BCUT2D eigenvalue weighted by Crippen LogP contribution is 2.40. The van der Waals surface area contributed by atoms with Crippen LogP contribution >= 0.6 is 11.3 Å². The van der Waals surface area contributed by atoms with Gasteiger partial charge in [-0.1, -0.05) is 22.9 Å². The van der Waals surface area contributed by atoms with Crippen LogP contribution in [0, 0.1) is 13.8 Å². The Morgan fingerprint density at radius 1 is 1.23 bits per heavy atom. The number of amides is 1. The molecular weight excluding hydrogens is 424 g/mol. The molecule has 1 saturated carbocycles. The normalized spacial score (nSPS) is 15.2. The lowest BCUT2D eigenvalue weighted by Crippen LogP contribution is -2.41. The van der Waals surface area contributed by atoms with Gasteiger partial charge in [-0.05, 0) is 51.8 Å². The Hall–Kier alpha value is -2.56. The van der Waals surface area contributed by atoms with Gasteiger partial charge in [-0.2, -0.15) is 9.71 Å². The molecule has 3 aromatic rings. The molecule has 1 amide bonds. The van der Waals surface area contributed by atoms with Gasteiger partial charge in [0.25, 0.3) is 0 Å². The van der Waals surface area contributed by atoms with E-state index in [2.05, 4.69) is 20.2 Å². The number of carbonyl (C=O) groups is 1. The standard InChI is InChI=1S/C20H22N4O4S2/c1-11-4-8-15(9-5-11)30(26,27)24-12(2)19(25)21-16-10-17(29-13(16)3)18-22-20(28-23-18)14-6-7-14/h4-5,8-10,12,14,24H,6-7H2,1-3H3,(H,21,25). The van der Waals surface area contributed by atoms with Crippen molar-refractivity contribution in [2.75, 3.05) is 5.32 Å². The monoisotopic (exact) mass is 446 g/mol. The predicted octanol–water partition coefficient (Wildman–Crippen LogP) is 3.60. The van der Waals surface area contributed by atoms with Crippen LogP contribution in [0.3, 0.4) is 0 Å². The lowest BCUT2D eigenvalue weighted by atomic mass is 10.2. The van der Waals surface area contributed by atoms with Gasteiger partial charge in [0.1, 0.15) is 0 Å². The van der Waals surface area contributed by atoms with Crippen LogP contribution in [0.2, 0.25) is 0 Å². The van der Waals surface area contributed by atoms with Crippen molar-refractivity contribution in [1.29, 1.82) is 0 Å². The number of thiophene rings is 1. The fraction of sp³-hybridized carbons (Fsp3) is 0.350. The van der Waals surface area contributed by atoms with E-state index in [1.54, 1.807) is 18.2 Å². The van der Waals surface area contributed by atoms with Crippen molar-refractivity contribution in [3.63, 3.8) is 0 Å². The molecule has 8 nitrogen and oxygen atoms in total. The first-order chi connectivity index (χ1) is 14.2. The van der Waals surface area contributed by atoms with Gasteiger partial charge < -0.3 is 9.84 Å². The summed E-state index contributed by atoms with van der Waals surface area (Å²) in [5.74, 6) is 1.07. The number of carbonyl (C=O) groups excluding carboxylic acids is 1. The third-order valence-corrected chi connectivity index (χ3v) is 7.42. The van der Waals surface area contributed by atoms with E-state index < -0.39 is 22.0 Å². The highest BCUT2D eigenvalue weighted by Gasteiger charge is 2.30. The second-order valence-electron chi connectivity index (χ2n) is 7.46. The molecule has 0 bridgehead atoms. The van der Waals surface area contributed by atoms with E-state index >= 15 is 0 Å². The van der Waals surface area contributed by atoms with Crippen molar-refractivity contribution < 1.29 is 17.7 Å². The maximum atomic E-state index is 12.6. The molecule has 0 aliphatic heterocycles. The van der Waals surface area contributed by atoms with Crippen LogP contribution in [0.15, 0.2) is 39.8 Å². The molecule has 1 unspecified atom stereocenters. The van der Waals surface area contributed by atoms with Crippen molar-refractivity contribution >= 4 is 33.0 Å². The van der Waals surface area contributed by atoms with Crippen molar-refractivity contribution in [3.05, 3.63) is 46.7 Å². The Morgan fingerprint density at radius 3 is 2.60 bits per heavy atom. The topological polar surface area (TPSA) is 114 Å². The third kappa shape index (κ3) is 4.45. The zero-order valence-corrected chi connectivity index (χ0v) is 18.4. The summed E-state index contributed by atoms with van der Waals surface area (Å²) < 4.78 is 32.7. The van der Waals surface area contributed by atoms with E-state index in [0.717, 1.165) is 28.2 Å². The SMILES string of the molecule is Cc1ccc(S(=O)(=O)NC(C)C(=O)Nc2cc(-c3noc(C4CC4)n3)sc2C)cc1. The fourth-order valence-electron chi connectivity index (χ4n) is 2.86. The zero-order valence-electron chi connectivity index (χ0n) is 16.8. The van der Waals surface area contributed by atoms with E-state index in [9.17, 15) is 13.2 Å². The quantitative estimate of drug-likeness (QED) is 0.573. The summed E-state index contributed by atoms with van der Waals surface area (Å²) in [6.45, 7) is 5.25. The molecule has 4 rings (SSSR count). The van der Waals surface area contributed by atoms with Crippen LogP contribution in [0.25, 0.3) is 10.7 Å². The summed E-state index contributed by atoms with van der Waals surface area (Å²) in [6.07, 6.45) is 2.14. The molecule has 2 heterocycles. The minimum absolute atomic E-state index is 0.116. The highest BCUT2D eigenvalue weighted by molar-refractivity contribution is 7.89. The number of anilines is 1.